The molecule has 1 unspecified atom stereocenters. The Hall–Kier alpha value is -1.82. The number of carbonyl (C=O) groups is 1. The van der Waals surface area contributed by atoms with Crippen LogP contribution in [0.15, 0.2) is 18.2 Å². The lowest BCUT2D eigenvalue weighted by Crippen LogP contribution is -2.32. The maximum absolute atomic E-state index is 12.3. The molecule has 0 aliphatic rings. The van der Waals surface area contributed by atoms with Crippen LogP contribution in [0, 0.1) is 4.77 Å². The molecule has 0 bridgehead atoms. The number of likely N-dealkylation sites (N-methyl/N-ethyl adjacent to an activating group) is 1. The van der Waals surface area contributed by atoms with Crippen molar-refractivity contribution in [1.29, 1.82) is 0 Å². The second-order valence-corrected chi connectivity index (χ2v) is 5.10. The summed E-state index contributed by atoms with van der Waals surface area (Å²) in [5.41, 5.74) is 1.77. The average molecular weight is 293 g/mol. The molecule has 1 N–H and O–H groups in total. The van der Waals surface area contributed by atoms with E-state index >= 15 is 0 Å². The van der Waals surface area contributed by atoms with Crippen molar-refractivity contribution in [2.45, 2.75) is 19.9 Å². The Morgan fingerprint density at radius 1 is 1.55 bits per heavy atom. The van der Waals surface area contributed by atoms with Gasteiger partial charge in [-0.3, -0.25) is 4.79 Å². The standard InChI is InChI=1S/C14H19N3O2S/c1-5-16(3)13(18)9(2)17-12-8-10(19-4)6-7-11(12)15-14(17)20/h6-9H,5H2,1-4H3,(H,15,20). The molecule has 1 amide bonds. The fourth-order valence-electron chi connectivity index (χ4n) is 2.20. The summed E-state index contributed by atoms with van der Waals surface area (Å²) in [7, 11) is 3.41. The summed E-state index contributed by atoms with van der Waals surface area (Å²) in [6, 6.07) is 5.30. The smallest absolute Gasteiger partial charge is 0.245 e. The third-order valence-electron chi connectivity index (χ3n) is 3.52. The molecule has 20 heavy (non-hydrogen) atoms. The number of carbonyl (C=O) groups excluding carboxylic acids is 1. The predicted molar refractivity (Wildman–Crippen MR) is 81.7 cm³/mol. The van der Waals surface area contributed by atoms with Crippen LogP contribution in [0.2, 0.25) is 0 Å². The van der Waals surface area contributed by atoms with Crippen LogP contribution in [0.5, 0.6) is 5.75 Å². The lowest BCUT2D eigenvalue weighted by atomic mass is 10.2. The third-order valence-corrected chi connectivity index (χ3v) is 3.82. The van der Waals surface area contributed by atoms with Crippen LogP contribution >= 0.6 is 12.2 Å². The van der Waals surface area contributed by atoms with Crippen LogP contribution in [-0.4, -0.2) is 41.1 Å². The number of aromatic amines is 1. The first-order valence-corrected chi connectivity index (χ1v) is 6.93. The molecule has 5 nitrogen and oxygen atoms in total. The molecule has 0 aliphatic carbocycles. The molecule has 108 valence electrons. The van der Waals surface area contributed by atoms with Gasteiger partial charge in [0.1, 0.15) is 11.8 Å². The quantitative estimate of drug-likeness (QED) is 0.882. The summed E-state index contributed by atoms with van der Waals surface area (Å²) < 4.78 is 7.61. The topological polar surface area (TPSA) is 50.3 Å². The number of ether oxygens (including phenoxy) is 1. The summed E-state index contributed by atoms with van der Waals surface area (Å²) in [6.45, 7) is 4.47. The number of fused-ring (bicyclic) bond motifs is 1. The second kappa shape index (κ2) is 5.66. The molecule has 1 aromatic carbocycles. The van der Waals surface area contributed by atoms with E-state index < -0.39 is 0 Å². The summed E-state index contributed by atoms with van der Waals surface area (Å²) in [4.78, 5) is 17.1. The first-order chi connectivity index (χ1) is 9.49. The number of nitrogens with zero attached hydrogens (tertiary/aromatic N) is 2. The molecule has 0 radical (unpaired) electrons. The molecule has 1 atom stereocenters. The lowest BCUT2D eigenvalue weighted by Gasteiger charge is -2.21. The van der Waals surface area contributed by atoms with Gasteiger partial charge < -0.3 is 19.2 Å². The average Bonchev–Trinajstić information content (AvgIpc) is 2.79. The monoisotopic (exact) mass is 293 g/mol. The van der Waals surface area contributed by atoms with Gasteiger partial charge in [0.25, 0.3) is 0 Å². The van der Waals surface area contributed by atoms with E-state index in [0.717, 1.165) is 16.8 Å². The van der Waals surface area contributed by atoms with E-state index in [0.29, 0.717) is 11.3 Å². The van der Waals surface area contributed by atoms with Crippen molar-refractivity contribution in [3.8, 4) is 5.75 Å². The zero-order chi connectivity index (χ0) is 14.9. The van der Waals surface area contributed by atoms with Crippen LogP contribution in [0.25, 0.3) is 11.0 Å². The minimum Gasteiger partial charge on any atom is -0.497 e. The largest absolute Gasteiger partial charge is 0.497 e. The molecule has 6 heteroatoms. The molecule has 1 heterocycles. The van der Waals surface area contributed by atoms with E-state index in [1.54, 1.807) is 19.1 Å². The Kier molecular flexibility index (Phi) is 4.13. The molecule has 2 aromatic rings. The van der Waals surface area contributed by atoms with E-state index in [1.807, 2.05) is 36.6 Å². The number of hydrogen-bond acceptors (Lipinski definition) is 3. The molecule has 0 saturated heterocycles. The molecule has 0 spiro atoms. The van der Waals surface area contributed by atoms with Gasteiger partial charge in [-0.2, -0.15) is 0 Å². The fraction of sp³-hybridized carbons (Fsp3) is 0.429. The Bertz CT molecular complexity index is 689. The molecule has 2 rings (SSSR count). The minimum atomic E-state index is -0.353. The minimum absolute atomic E-state index is 0.0346. The SMILES string of the molecule is CCN(C)C(=O)C(C)n1c(=S)[nH]c2ccc(OC)cc21. The molecule has 0 fully saturated rings. The summed E-state index contributed by atoms with van der Waals surface area (Å²) >= 11 is 5.35. The van der Waals surface area contributed by atoms with E-state index in [9.17, 15) is 4.79 Å². The number of methoxy groups -OCH3 is 1. The van der Waals surface area contributed by atoms with E-state index in [-0.39, 0.29) is 11.9 Å². The van der Waals surface area contributed by atoms with Crippen molar-refractivity contribution in [3.63, 3.8) is 0 Å². The van der Waals surface area contributed by atoms with Gasteiger partial charge in [-0.1, -0.05) is 0 Å². The first kappa shape index (κ1) is 14.6. The van der Waals surface area contributed by atoms with Gasteiger partial charge in [-0.05, 0) is 38.2 Å². The van der Waals surface area contributed by atoms with E-state index in [1.165, 1.54) is 0 Å². The second-order valence-electron chi connectivity index (χ2n) is 4.71. The first-order valence-electron chi connectivity index (χ1n) is 6.52. The van der Waals surface area contributed by atoms with E-state index in [2.05, 4.69) is 4.98 Å². The predicted octanol–water partition coefficient (Wildman–Crippen LogP) is 2.75. The summed E-state index contributed by atoms with van der Waals surface area (Å²) in [5.74, 6) is 0.774. The number of amides is 1. The number of nitrogens with one attached hydrogen (secondary N) is 1. The number of hydrogen-bond donors (Lipinski definition) is 1. The van der Waals surface area contributed by atoms with Crippen molar-refractivity contribution in [2.75, 3.05) is 20.7 Å². The van der Waals surface area contributed by atoms with Crippen molar-refractivity contribution in [2.24, 2.45) is 0 Å². The highest BCUT2D eigenvalue weighted by molar-refractivity contribution is 7.71. The maximum atomic E-state index is 12.3. The highest BCUT2D eigenvalue weighted by Gasteiger charge is 2.21. The normalized spacial score (nSPS) is 12.4. The van der Waals surface area contributed by atoms with Gasteiger partial charge in [0.2, 0.25) is 5.91 Å². The Morgan fingerprint density at radius 3 is 2.85 bits per heavy atom. The van der Waals surface area contributed by atoms with Crippen LogP contribution < -0.4 is 4.74 Å². The third kappa shape index (κ3) is 2.43. The van der Waals surface area contributed by atoms with Crippen LogP contribution in [-0.2, 0) is 4.79 Å². The van der Waals surface area contributed by atoms with Gasteiger partial charge in [-0.25, -0.2) is 0 Å². The highest BCUT2D eigenvalue weighted by atomic mass is 32.1. The zero-order valence-corrected chi connectivity index (χ0v) is 13.0. The van der Waals surface area contributed by atoms with Gasteiger partial charge in [0.05, 0.1) is 18.1 Å². The number of rotatable bonds is 4. The fourth-order valence-corrected chi connectivity index (χ4v) is 2.56. The van der Waals surface area contributed by atoms with Gasteiger partial charge >= 0.3 is 0 Å². The molecule has 0 aliphatic heterocycles. The number of imidazole rings is 1. The lowest BCUT2D eigenvalue weighted by molar-refractivity contribution is -0.132. The van der Waals surface area contributed by atoms with Crippen LogP contribution in [0.4, 0.5) is 0 Å². The number of H-pyrrole nitrogens is 1. The molecular weight excluding hydrogens is 274 g/mol. The van der Waals surface area contributed by atoms with Gasteiger partial charge in [-0.15, -0.1) is 0 Å². The van der Waals surface area contributed by atoms with Crippen molar-refractivity contribution >= 4 is 29.2 Å². The van der Waals surface area contributed by atoms with Gasteiger partial charge in [0.15, 0.2) is 4.77 Å². The Morgan fingerprint density at radius 2 is 2.25 bits per heavy atom. The van der Waals surface area contributed by atoms with Crippen molar-refractivity contribution in [3.05, 3.63) is 23.0 Å². The summed E-state index contributed by atoms with van der Waals surface area (Å²) in [6.07, 6.45) is 0. The molecular formula is C14H19N3O2S. The van der Waals surface area contributed by atoms with E-state index in [4.69, 9.17) is 17.0 Å². The van der Waals surface area contributed by atoms with Crippen LogP contribution in [0.1, 0.15) is 19.9 Å². The Labute approximate surface area is 123 Å². The molecule has 0 saturated carbocycles. The van der Waals surface area contributed by atoms with Crippen molar-refractivity contribution < 1.29 is 9.53 Å². The maximum Gasteiger partial charge on any atom is 0.245 e. The Balaban J connectivity index is 2.55. The van der Waals surface area contributed by atoms with Crippen molar-refractivity contribution in [1.82, 2.24) is 14.5 Å². The number of aromatic nitrogens is 2. The zero-order valence-electron chi connectivity index (χ0n) is 12.1. The summed E-state index contributed by atoms with van der Waals surface area (Å²) in [5, 5.41) is 0. The van der Waals surface area contributed by atoms with Gasteiger partial charge in [0, 0.05) is 19.7 Å². The van der Waals surface area contributed by atoms with Crippen LogP contribution in [0.3, 0.4) is 0 Å². The highest BCUT2D eigenvalue weighted by Crippen LogP contribution is 2.24. The number of benzene rings is 1. The molecule has 1 aromatic heterocycles.